The third-order valence-corrected chi connectivity index (χ3v) is 13.5. The maximum atomic E-state index is 2.48. The van der Waals surface area contributed by atoms with Gasteiger partial charge in [-0.3, -0.25) is 0 Å². The number of aromatic nitrogens is 2. The van der Waals surface area contributed by atoms with E-state index in [1.165, 1.54) is 110 Å². The van der Waals surface area contributed by atoms with Gasteiger partial charge in [0.25, 0.3) is 0 Å². The van der Waals surface area contributed by atoms with Crippen molar-refractivity contribution < 1.29 is 0 Å². The molecule has 2 aromatic heterocycles. The monoisotopic (exact) mass is 844 g/mol. The van der Waals surface area contributed by atoms with E-state index in [-0.39, 0.29) is 0 Å². The quantitative estimate of drug-likeness (QED) is 0.151. The Morgan fingerprint density at radius 2 is 0.470 bits per heavy atom. The van der Waals surface area contributed by atoms with Gasteiger partial charge in [0.1, 0.15) is 0 Å². The van der Waals surface area contributed by atoms with Crippen LogP contribution in [0.15, 0.2) is 218 Å². The van der Waals surface area contributed by atoms with Crippen LogP contribution in [0.2, 0.25) is 0 Å². The minimum Gasteiger partial charge on any atom is -0.309 e. The first-order chi connectivity index (χ1) is 32.3. The number of aryl methyl sites for hydroxylation is 4. The first-order valence-corrected chi connectivity index (χ1v) is 23.0. The summed E-state index contributed by atoms with van der Waals surface area (Å²) in [6.07, 6.45) is 0. The van der Waals surface area contributed by atoms with Crippen LogP contribution >= 0.6 is 0 Å². The molecule has 2 heteroatoms. The van der Waals surface area contributed by atoms with Crippen LogP contribution in [-0.2, 0) is 0 Å². The lowest BCUT2D eigenvalue weighted by atomic mass is 9.91. The Morgan fingerprint density at radius 1 is 0.212 bits per heavy atom. The molecule has 66 heavy (non-hydrogen) atoms. The zero-order valence-corrected chi connectivity index (χ0v) is 37.7. The summed E-state index contributed by atoms with van der Waals surface area (Å²) in [5.41, 5.74) is 23.9. The SMILES string of the molecule is Cc1ccc2c(c1)c1cc(C)ccc1n2-c1cc(-c2cc(-c3ccc(-c4ccccc4)cc3)cc(-c3ccc(-c4ccccc4)cc3)c2)cc(-n2c3ccc(C)cc3c3cc(C)ccc32)c1. The Morgan fingerprint density at radius 3 is 0.788 bits per heavy atom. The van der Waals surface area contributed by atoms with Crippen molar-refractivity contribution in [2.24, 2.45) is 0 Å². The van der Waals surface area contributed by atoms with Crippen molar-refractivity contribution in [1.82, 2.24) is 9.13 Å². The molecule has 314 valence electrons. The molecule has 0 unspecified atom stereocenters. The summed E-state index contributed by atoms with van der Waals surface area (Å²) in [5, 5.41) is 5.08. The summed E-state index contributed by atoms with van der Waals surface area (Å²) in [5.74, 6) is 0. The molecule has 0 saturated heterocycles. The topological polar surface area (TPSA) is 9.86 Å². The van der Waals surface area contributed by atoms with E-state index in [1.807, 2.05) is 0 Å². The second kappa shape index (κ2) is 15.8. The summed E-state index contributed by atoms with van der Waals surface area (Å²) in [6.45, 7) is 8.77. The summed E-state index contributed by atoms with van der Waals surface area (Å²) < 4.78 is 4.96. The minimum absolute atomic E-state index is 1.12. The lowest BCUT2D eigenvalue weighted by Gasteiger charge is -2.17. The smallest absolute Gasteiger partial charge is 0.0541 e. The van der Waals surface area contributed by atoms with Crippen LogP contribution in [0, 0.1) is 27.7 Å². The molecular weight excluding hydrogens is 797 g/mol. The van der Waals surface area contributed by atoms with Gasteiger partial charge < -0.3 is 9.13 Å². The van der Waals surface area contributed by atoms with Crippen LogP contribution in [0.4, 0.5) is 0 Å². The van der Waals surface area contributed by atoms with Gasteiger partial charge in [0, 0.05) is 32.9 Å². The summed E-state index contributed by atoms with van der Waals surface area (Å²) in [7, 11) is 0. The van der Waals surface area contributed by atoms with E-state index in [4.69, 9.17) is 0 Å². The molecule has 0 aliphatic carbocycles. The van der Waals surface area contributed by atoms with Crippen LogP contribution in [0.25, 0.3) is 111 Å². The molecule has 0 fully saturated rings. The Kier molecular flexibility index (Phi) is 9.43. The Balaban J connectivity index is 1.12. The third-order valence-electron chi connectivity index (χ3n) is 13.5. The minimum atomic E-state index is 1.12. The van der Waals surface area contributed by atoms with Crippen molar-refractivity contribution >= 4 is 43.6 Å². The molecule has 12 rings (SSSR count). The Hall–Kier alpha value is -8.20. The normalized spacial score (nSPS) is 11.6. The number of fused-ring (bicyclic) bond motifs is 6. The molecule has 12 aromatic rings. The van der Waals surface area contributed by atoms with E-state index in [2.05, 4.69) is 255 Å². The van der Waals surface area contributed by atoms with Gasteiger partial charge in [-0.05, 0) is 168 Å². The molecular formula is C64H48N2. The van der Waals surface area contributed by atoms with Gasteiger partial charge in [0.2, 0.25) is 0 Å². The summed E-state index contributed by atoms with van der Waals surface area (Å²) in [6, 6.07) is 81.3. The molecule has 10 aromatic carbocycles. The number of benzene rings is 10. The highest BCUT2D eigenvalue weighted by atomic mass is 15.0. The first-order valence-electron chi connectivity index (χ1n) is 23.0. The van der Waals surface area contributed by atoms with Crippen LogP contribution in [0.5, 0.6) is 0 Å². The van der Waals surface area contributed by atoms with E-state index in [9.17, 15) is 0 Å². The highest BCUT2D eigenvalue weighted by Crippen LogP contribution is 2.41. The van der Waals surface area contributed by atoms with Gasteiger partial charge in [-0.1, -0.05) is 156 Å². The van der Waals surface area contributed by atoms with Crippen LogP contribution in [0.3, 0.4) is 0 Å². The van der Waals surface area contributed by atoms with Gasteiger partial charge in [-0.25, -0.2) is 0 Å². The predicted octanol–water partition coefficient (Wildman–Crippen LogP) is 17.4. The van der Waals surface area contributed by atoms with E-state index >= 15 is 0 Å². The molecule has 0 N–H and O–H groups in total. The van der Waals surface area contributed by atoms with Gasteiger partial charge in [0.15, 0.2) is 0 Å². The highest BCUT2D eigenvalue weighted by Gasteiger charge is 2.19. The van der Waals surface area contributed by atoms with Gasteiger partial charge in [-0.15, -0.1) is 0 Å². The second-order valence-electron chi connectivity index (χ2n) is 18.2. The molecule has 0 aliphatic rings. The van der Waals surface area contributed by atoms with Gasteiger partial charge in [-0.2, -0.15) is 0 Å². The van der Waals surface area contributed by atoms with Crippen molar-refractivity contribution in [2.45, 2.75) is 27.7 Å². The predicted molar refractivity (Wildman–Crippen MR) is 281 cm³/mol. The van der Waals surface area contributed by atoms with E-state index in [1.54, 1.807) is 0 Å². The lowest BCUT2D eigenvalue weighted by Crippen LogP contribution is -2.00. The van der Waals surface area contributed by atoms with E-state index < -0.39 is 0 Å². The Labute approximate surface area is 386 Å². The number of hydrogen-bond acceptors (Lipinski definition) is 0. The van der Waals surface area contributed by atoms with Gasteiger partial charge in [0.05, 0.1) is 22.1 Å². The van der Waals surface area contributed by atoms with Crippen LogP contribution in [0.1, 0.15) is 22.3 Å². The van der Waals surface area contributed by atoms with E-state index in [0.29, 0.717) is 0 Å². The summed E-state index contributed by atoms with van der Waals surface area (Å²) in [4.78, 5) is 0. The standard InChI is InChI=1S/C64H48N2/c1-41-15-27-61-57(31-41)58-32-42(2)16-28-62(58)65(61)55-38-54(39-56(40-55)66-63-29-17-43(3)33-59(63)60-34-44(4)18-30-64(60)66)53-36-51(49-23-19-47(20-24-49)45-11-7-5-8-12-45)35-52(37-53)50-25-21-48(22-26-50)46-13-9-6-10-14-46/h5-40H,1-4H3. The number of nitrogens with zero attached hydrogens (tertiary/aromatic N) is 2. The third kappa shape index (κ3) is 6.90. The maximum absolute atomic E-state index is 2.48. The molecule has 0 spiro atoms. The molecule has 0 radical (unpaired) electrons. The summed E-state index contributed by atoms with van der Waals surface area (Å²) >= 11 is 0. The second-order valence-corrected chi connectivity index (χ2v) is 18.2. The fourth-order valence-electron chi connectivity index (χ4n) is 10.2. The molecule has 0 aliphatic heterocycles. The van der Waals surface area contributed by atoms with Gasteiger partial charge >= 0.3 is 0 Å². The van der Waals surface area contributed by atoms with Crippen LogP contribution in [-0.4, -0.2) is 9.13 Å². The molecule has 2 nitrogen and oxygen atoms in total. The number of rotatable bonds is 7. The van der Waals surface area contributed by atoms with Crippen molar-refractivity contribution in [3.8, 4) is 67.0 Å². The first kappa shape index (κ1) is 39.4. The average Bonchev–Trinajstić information content (AvgIpc) is 3.85. The maximum Gasteiger partial charge on any atom is 0.0541 e. The number of hydrogen-bond donors (Lipinski definition) is 0. The fraction of sp³-hybridized carbons (Fsp3) is 0.0625. The molecule has 0 bridgehead atoms. The van der Waals surface area contributed by atoms with Crippen molar-refractivity contribution in [2.75, 3.05) is 0 Å². The van der Waals surface area contributed by atoms with Crippen molar-refractivity contribution in [3.63, 3.8) is 0 Å². The average molecular weight is 845 g/mol. The zero-order valence-electron chi connectivity index (χ0n) is 37.7. The molecule has 0 amide bonds. The molecule has 0 saturated carbocycles. The highest BCUT2D eigenvalue weighted by molar-refractivity contribution is 6.11. The zero-order chi connectivity index (χ0) is 44.5. The fourth-order valence-corrected chi connectivity index (χ4v) is 10.2. The van der Waals surface area contributed by atoms with Crippen molar-refractivity contribution in [1.29, 1.82) is 0 Å². The Bertz CT molecular complexity index is 3450. The van der Waals surface area contributed by atoms with E-state index in [0.717, 1.165) is 22.5 Å². The largest absolute Gasteiger partial charge is 0.309 e. The molecule has 2 heterocycles. The van der Waals surface area contributed by atoms with Crippen molar-refractivity contribution in [3.05, 3.63) is 241 Å². The lowest BCUT2D eigenvalue weighted by molar-refractivity contribution is 1.13. The van der Waals surface area contributed by atoms with Crippen LogP contribution < -0.4 is 0 Å². The molecule has 0 atom stereocenters.